The molecule has 2 aromatic carbocycles. The maximum atomic E-state index is 12.7. The molecule has 0 saturated carbocycles. The molecule has 0 bridgehead atoms. The summed E-state index contributed by atoms with van der Waals surface area (Å²) in [6.45, 7) is 2.29. The first-order valence-corrected chi connectivity index (χ1v) is 9.89. The summed E-state index contributed by atoms with van der Waals surface area (Å²) in [4.78, 5) is 14.3. The van der Waals surface area contributed by atoms with Crippen LogP contribution in [0.2, 0.25) is 5.02 Å². The summed E-state index contributed by atoms with van der Waals surface area (Å²) in [6, 6.07) is 16.8. The molecular formula is C20H17ClN4O2S. The van der Waals surface area contributed by atoms with Gasteiger partial charge in [-0.3, -0.25) is 4.79 Å². The van der Waals surface area contributed by atoms with Gasteiger partial charge in [0.25, 0.3) is 5.22 Å². The highest BCUT2D eigenvalue weighted by Crippen LogP contribution is 2.25. The van der Waals surface area contributed by atoms with Crippen LogP contribution >= 0.6 is 23.4 Å². The van der Waals surface area contributed by atoms with Gasteiger partial charge in [-0.2, -0.15) is 5.26 Å². The lowest BCUT2D eigenvalue weighted by Crippen LogP contribution is -2.33. The normalized spacial score (nSPS) is 10.5. The van der Waals surface area contributed by atoms with E-state index in [1.165, 1.54) is 0 Å². The fourth-order valence-corrected chi connectivity index (χ4v) is 3.31. The van der Waals surface area contributed by atoms with Crippen LogP contribution in [0.4, 0.5) is 5.69 Å². The number of rotatable bonds is 7. The van der Waals surface area contributed by atoms with Crippen LogP contribution in [0.15, 0.2) is 58.2 Å². The van der Waals surface area contributed by atoms with E-state index in [2.05, 4.69) is 16.3 Å². The monoisotopic (exact) mass is 412 g/mol. The zero-order valence-electron chi connectivity index (χ0n) is 15.1. The number of halogens is 1. The first-order valence-electron chi connectivity index (χ1n) is 8.53. The third-order valence-electron chi connectivity index (χ3n) is 3.89. The summed E-state index contributed by atoms with van der Waals surface area (Å²) < 4.78 is 5.64. The highest BCUT2D eigenvalue weighted by Gasteiger charge is 2.18. The van der Waals surface area contributed by atoms with Crippen molar-refractivity contribution in [1.82, 2.24) is 10.2 Å². The van der Waals surface area contributed by atoms with Gasteiger partial charge in [0.15, 0.2) is 0 Å². The fourth-order valence-electron chi connectivity index (χ4n) is 2.49. The average molecular weight is 413 g/mol. The van der Waals surface area contributed by atoms with Gasteiger partial charge < -0.3 is 9.32 Å². The molecule has 0 spiro atoms. The lowest BCUT2D eigenvalue weighted by atomic mass is 10.1. The van der Waals surface area contributed by atoms with Crippen LogP contribution in [-0.2, 0) is 4.79 Å². The zero-order chi connectivity index (χ0) is 19.9. The molecule has 3 aromatic rings. The number of aromatic nitrogens is 2. The molecule has 0 saturated heterocycles. The Kier molecular flexibility index (Phi) is 6.69. The number of hydrogen-bond donors (Lipinski definition) is 0. The Morgan fingerprint density at radius 2 is 2.04 bits per heavy atom. The fraction of sp³-hybridized carbons (Fsp3) is 0.200. The number of nitriles is 1. The summed E-state index contributed by atoms with van der Waals surface area (Å²) in [5.74, 6) is 0.344. The maximum Gasteiger partial charge on any atom is 0.277 e. The molecule has 0 aliphatic carbocycles. The van der Waals surface area contributed by atoms with Crippen molar-refractivity contribution in [2.75, 3.05) is 17.2 Å². The molecule has 28 heavy (non-hydrogen) atoms. The van der Waals surface area contributed by atoms with Gasteiger partial charge in [-0.15, -0.1) is 10.2 Å². The number of benzene rings is 2. The van der Waals surface area contributed by atoms with E-state index >= 15 is 0 Å². The molecule has 0 fully saturated rings. The highest BCUT2D eigenvalue weighted by molar-refractivity contribution is 7.99. The average Bonchev–Trinajstić information content (AvgIpc) is 3.16. The molecule has 0 N–H and O–H groups in total. The lowest BCUT2D eigenvalue weighted by molar-refractivity contribution is -0.116. The summed E-state index contributed by atoms with van der Waals surface area (Å²) in [5.41, 5.74) is 2.62. The second-order valence-electron chi connectivity index (χ2n) is 5.96. The predicted molar refractivity (Wildman–Crippen MR) is 109 cm³/mol. The zero-order valence-corrected chi connectivity index (χ0v) is 16.7. The number of hydrogen-bond acceptors (Lipinski definition) is 6. The molecule has 0 radical (unpaired) electrons. The van der Waals surface area contributed by atoms with Gasteiger partial charge in [-0.1, -0.05) is 47.1 Å². The number of aryl methyl sites for hydroxylation is 1. The van der Waals surface area contributed by atoms with Crippen molar-refractivity contribution < 1.29 is 9.21 Å². The number of carbonyl (C=O) groups is 1. The van der Waals surface area contributed by atoms with Crippen molar-refractivity contribution in [2.45, 2.75) is 18.6 Å². The minimum atomic E-state index is -0.169. The summed E-state index contributed by atoms with van der Waals surface area (Å²) in [7, 11) is 0. The molecule has 1 heterocycles. The first-order chi connectivity index (χ1) is 13.6. The van der Waals surface area contributed by atoms with Gasteiger partial charge >= 0.3 is 0 Å². The van der Waals surface area contributed by atoms with E-state index in [-0.39, 0.29) is 24.6 Å². The minimum absolute atomic E-state index is 0.105. The van der Waals surface area contributed by atoms with Crippen molar-refractivity contribution in [3.63, 3.8) is 0 Å². The summed E-state index contributed by atoms with van der Waals surface area (Å²) in [5, 5.41) is 17.8. The van der Waals surface area contributed by atoms with Gasteiger partial charge in [0, 0.05) is 22.8 Å². The van der Waals surface area contributed by atoms with Crippen molar-refractivity contribution in [1.29, 1.82) is 5.26 Å². The van der Waals surface area contributed by atoms with E-state index < -0.39 is 0 Å². The van der Waals surface area contributed by atoms with Crippen LogP contribution in [0.3, 0.4) is 0 Å². The standard InChI is InChI=1S/C20H17ClN4O2S/c1-14-6-8-15(9-7-14)19-23-24-20(27-19)28-13-18(26)25(11-3-10-22)17-5-2-4-16(21)12-17/h2,4-9,12H,3,11,13H2,1H3. The van der Waals surface area contributed by atoms with Crippen molar-refractivity contribution in [3.8, 4) is 17.5 Å². The second kappa shape index (κ2) is 9.40. The lowest BCUT2D eigenvalue weighted by Gasteiger charge is -2.21. The molecular weight excluding hydrogens is 396 g/mol. The Morgan fingerprint density at radius 3 is 2.75 bits per heavy atom. The summed E-state index contributed by atoms with van der Waals surface area (Å²) >= 11 is 7.19. The molecule has 0 aliphatic heterocycles. The van der Waals surface area contributed by atoms with E-state index in [0.29, 0.717) is 21.8 Å². The summed E-state index contributed by atoms with van der Waals surface area (Å²) in [6.07, 6.45) is 0.223. The van der Waals surface area contributed by atoms with Crippen molar-refractivity contribution >= 4 is 35.0 Å². The highest BCUT2D eigenvalue weighted by atomic mass is 35.5. The van der Waals surface area contributed by atoms with Crippen LogP contribution in [-0.4, -0.2) is 28.4 Å². The van der Waals surface area contributed by atoms with Crippen LogP contribution in [0.5, 0.6) is 0 Å². The molecule has 0 unspecified atom stereocenters. The SMILES string of the molecule is Cc1ccc(-c2nnc(SCC(=O)N(CCC#N)c3cccc(Cl)c3)o2)cc1. The molecule has 8 heteroatoms. The van der Waals surface area contributed by atoms with Gasteiger partial charge in [-0.25, -0.2) is 0 Å². The van der Waals surface area contributed by atoms with E-state index in [9.17, 15) is 4.79 Å². The first kappa shape index (κ1) is 19.9. The molecule has 0 atom stereocenters. The largest absolute Gasteiger partial charge is 0.411 e. The Labute approximate surface area is 172 Å². The van der Waals surface area contributed by atoms with Crippen LogP contribution in [0.1, 0.15) is 12.0 Å². The molecule has 1 aromatic heterocycles. The Morgan fingerprint density at radius 1 is 1.25 bits per heavy atom. The molecule has 142 valence electrons. The van der Waals surface area contributed by atoms with E-state index in [1.807, 2.05) is 31.2 Å². The Hall–Kier alpha value is -2.82. The number of anilines is 1. The van der Waals surface area contributed by atoms with Crippen LogP contribution in [0, 0.1) is 18.3 Å². The molecule has 0 aliphatic rings. The third kappa shape index (κ3) is 5.12. The van der Waals surface area contributed by atoms with E-state index in [4.69, 9.17) is 21.3 Å². The topological polar surface area (TPSA) is 83.0 Å². The second-order valence-corrected chi connectivity index (χ2v) is 7.32. The maximum absolute atomic E-state index is 12.7. The van der Waals surface area contributed by atoms with E-state index in [0.717, 1.165) is 22.9 Å². The smallest absolute Gasteiger partial charge is 0.277 e. The number of carbonyl (C=O) groups excluding carboxylic acids is 1. The van der Waals surface area contributed by atoms with Crippen molar-refractivity contribution in [3.05, 3.63) is 59.1 Å². The number of nitrogens with zero attached hydrogens (tertiary/aromatic N) is 4. The van der Waals surface area contributed by atoms with Gasteiger partial charge in [-0.05, 0) is 37.3 Å². The van der Waals surface area contributed by atoms with Crippen molar-refractivity contribution in [2.24, 2.45) is 0 Å². The minimum Gasteiger partial charge on any atom is -0.411 e. The van der Waals surface area contributed by atoms with Gasteiger partial charge in [0.1, 0.15) is 0 Å². The van der Waals surface area contributed by atoms with E-state index in [1.54, 1.807) is 29.2 Å². The number of amides is 1. The molecule has 3 rings (SSSR count). The Balaban J connectivity index is 1.67. The molecule has 6 nitrogen and oxygen atoms in total. The molecule has 1 amide bonds. The Bertz CT molecular complexity index is 998. The van der Waals surface area contributed by atoms with Crippen LogP contribution in [0.25, 0.3) is 11.5 Å². The van der Waals surface area contributed by atoms with Crippen LogP contribution < -0.4 is 4.90 Å². The van der Waals surface area contributed by atoms with Gasteiger partial charge in [0.2, 0.25) is 11.8 Å². The van der Waals surface area contributed by atoms with Gasteiger partial charge in [0.05, 0.1) is 18.2 Å². The number of thioether (sulfide) groups is 1. The predicted octanol–water partition coefficient (Wildman–Crippen LogP) is 4.74. The quantitative estimate of drug-likeness (QED) is 0.521. The third-order valence-corrected chi connectivity index (χ3v) is 4.93.